The van der Waals surface area contributed by atoms with Crippen molar-refractivity contribution in [1.82, 2.24) is 15.2 Å². The zero-order chi connectivity index (χ0) is 21.8. The number of rotatable bonds is 7. The first-order valence-corrected chi connectivity index (χ1v) is 11.7. The number of thioether (sulfide) groups is 1. The molecule has 0 bridgehead atoms. The van der Waals surface area contributed by atoms with Crippen LogP contribution in [-0.4, -0.2) is 33.5 Å². The van der Waals surface area contributed by atoms with E-state index in [1.807, 2.05) is 52.9 Å². The minimum atomic E-state index is -0.378. The number of aromatic nitrogens is 1. The van der Waals surface area contributed by atoms with E-state index in [4.69, 9.17) is 4.74 Å². The Balaban J connectivity index is 1.56. The van der Waals surface area contributed by atoms with Crippen molar-refractivity contribution in [2.75, 3.05) is 6.61 Å². The van der Waals surface area contributed by atoms with Crippen LogP contribution in [0.25, 0.3) is 0 Å². The van der Waals surface area contributed by atoms with E-state index in [0.29, 0.717) is 17.8 Å². The number of nitrogens with zero attached hydrogens (tertiary/aromatic N) is 3. The number of esters is 1. The summed E-state index contributed by atoms with van der Waals surface area (Å²) in [6.45, 7) is 4.27. The number of allylic oxidation sites excluding steroid dienone is 1. The molecule has 4 rings (SSSR count). The molecule has 2 aromatic heterocycles. The number of amidine groups is 1. The summed E-state index contributed by atoms with van der Waals surface area (Å²) < 4.78 is 5.33. The zero-order valence-corrected chi connectivity index (χ0v) is 18.8. The molecule has 0 fully saturated rings. The highest BCUT2D eigenvalue weighted by Gasteiger charge is 2.41. The second-order valence-electron chi connectivity index (χ2n) is 6.90. The lowest BCUT2D eigenvalue weighted by molar-refractivity contribution is -0.139. The molecule has 9 heteroatoms. The Morgan fingerprint density at radius 1 is 1.26 bits per heavy atom. The largest absolute Gasteiger partial charge is 0.463 e. The average Bonchev–Trinajstić information content (AvgIpc) is 3.43. The molecule has 0 saturated carbocycles. The number of aliphatic imine (C=N–C) groups is 1. The molecule has 1 atom stereocenters. The molecule has 0 saturated heterocycles. The average molecular weight is 455 g/mol. The van der Waals surface area contributed by atoms with Gasteiger partial charge in [-0.05, 0) is 42.8 Å². The number of hydrogen-bond acceptors (Lipinski definition) is 8. The minimum Gasteiger partial charge on any atom is -0.463 e. The smallest absolute Gasteiger partial charge is 0.338 e. The molecule has 160 valence electrons. The van der Waals surface area contributed by atoms with E-state index in [1.54, 1.807) is 24.5 Å². The van der Waals surface area contributed by atoms with Crippen molar-refractivity contribution in [3.63, 3.8) is 0 Å². The molecule has 1 N–H and O–H groups in total. The normalized spacial score (nSPS) is 17.7. The number of thiophene rings is 1. The number of nitrogens with one attached hydrogen (secondary N) is 1. The van der Waals surface area contributed by atoms with Crippen LogP contribution in [0.15, 0.2) is 69.3 Å². The van der Waals surface area contributed by atoms with E-state index >= 15 is 0 Å². The van der Waals surface area contributed by atoms with Crippen molar-refractivity contribution in [3.05, 3.63) is 74.9 Å². The molecule has 2 aromatic rings. The fourth-order valence-electron chi connectivity index (χ4n) is 3.47. The first kappa shape index (κ1) is 21.3. The summed E-state index contributed by atoms with van der Waals surface area (Å²) >= 11 is 3.03. The van der Waals surface area contributed by atoms with Crippen molar-refractivity contribution in [2.45, 2.75) is 32.9 Å². The fraction of sp³-hybridized carbons (Fsp3) is 0.273. The van der Waals surface area contributed by atoms with Gasteiger partial charge >= 0.3 is 5.97 Å². The number of fused-ring (bicyclic) bond motifs is 1. The number of carbonyl (C=O) groups excluding carboxylic acids is 2. The number of carbonyl (C=O) groups is 2. The summed E-state index contributed by atoms with van der Waals surface area (Å²) in [6.07, 6.45) is 1.88. The summed E-state index contributed by atoms with van der Waals surface area (Å²) in [6, 6.07) is 9.17. The summed E-state index contributed by atoms with van der Waals surface area (Å²) in [4.78, 5) is 37.3. The number of pyridine rings is 1. The van der Waals surface area contributed by atoms with Crippen LogP contribution in [0.5, 0.6) is 0 Å². The van der Waals surface area contributed by atoms with Crippen LogP contribution in [0.1, 0.15) is 36.9 Å². The molecule has 1 amide bonds. The Bertz CT molecular complexity index is 1060. The van der Waals surface area contributed by atoms with Gasteiger partial charge in [-0.3, -0.25) is 9.78 Å². The molecule has 2 aliphatic rings. The van der Waals surface area contributed by atoms with Crippen LogP contribution in [0.2, 0.25) is 0 Å². The highest BCUT2D eigenvalue weighted by molar-refractivity contribution is 8.16. The second-order valence-corrected chi connectivity index (χ2v) is 8.72. The van der Waals surface area contributed by atoms with Gasteiger partial charge in [0, 0.05) is 16.8 Å². The SMILES string of the molecule is CCOC(=O)C1=C(C)N=C2SC=C(CC(=O)NCc3ccccn3)N2[C@@H]1c1cccs1. The molecular weight excluding hydrogens is 432 g/mol. The maximum absolute atomic E-state index is 12.8. The van der Waals surface area contributed by atoms with Gasteiger partial charge in [-0.25, -0.2) is 9.79 Å². The van der Waals surface area contributed by atoms with Crippen molar-refractivity contribution in [1.29, 1.82) is 0 Å². The zero-order valence-electron chi connectivity index (χ0n) is 17.2. The van der Waals surface area contributed by atoms with Gasteiger partial charge in [-0.15, -0.1) is 11.3 Å². The Morgan fingerprint density at radius 3 is 2.84 bits per heavy atom. The third-order valence-corrected chi connectivity index (χ3v) is 6.66. The molecule has 31 heavy (non-hydrogen) atoms. The van der Waals surface area contributed by atoms with Gasteiger partial charge in [0.05, 0.1) is 36.5 Å². The van der Waals surface area contributed by atoms with Gasteiger partial charge in [0.1, 0.15) is 6.04 Å². The first-order chi connectivity index (χ1) is 15.1. The lowest BCUT2D eigenvalue weighted by atomic mass is 9.99. The summed E-state index contributed by atoms with van der Waals surface area (Å²) in [5, 5.41) is 7.58. The Hall–Kier alpha value is -2.91. The summed E-state index contributed by atoms with van der Waals surface area (Å²) in [5.74, 6) is -0.496. The van der Waals surface area contributed by atoms with Crippen LogP contribution in [0.4, 0.5) is 0 Å². The molecule has 0 unspecified atom stereocenters. The predicted octanol–water partition coefficient (Wildman–Crippen LogP) is 3.99. The van der Waals surface area contributed by atoms with E-state index in [0.717, 1.165) is 21.4 Å². The van der Waals surface area contributed by atoms with Crippen molar-refractivity contribution in [2.24, 2.45) is 4.99 Å². The van der Waals surface area contributed by atoms with Crippen molar-refractivity contribution < 1.29 is 14.3 Å². The Kier molecular flexibility index (Phi) is 6.53. The van der Waals surface area contributed by atoms with E-state index in [1.165, 1.54) is 11.8 Å². The van der Waals surface area contributed by atoms with E-state index in [-0.39, 0.29) is 30.9 Å². The molecule has 2 aliphatic heterocycles. The second kappa shape index (κ2) is 9.49. The van der Waals surface area contributed by atoms with Crippen LogP contribution in [0, 0.1) is 0 Å². The standard InChI is InChI=1S/C22H22N4O3S2/c1-3-29-21(28)19-14(2)25-22-26(20(19)17-8-6-10-30-17)16(13-31-22)11-18(27)24-12-15-7-4-5-9-23-15/h4-10,13,20H,3,11-12H2,1-2H3,(H,24,27)/t20-/m1/s1. The van der Waals surface area contributed by atoms with Gasteiger partial charge in [0.15, 0.2) is 5.17 Å². The molecular formula is C22H22N4O3S2. The van der Waals surface area contributed by atoms with Gasteiger partial charge < -0.3 is 15.0 Å². The van der Waals surface area contributed by atoms with Gasteiger partial charge in [0.2, 0.25) is 5.91 Å². The molecule has 0 spiro atoms. The van der Waals surface area contributed by atoms with Crippen molar-refractivity contribution >= 4 is 40.1 Å². The van der Waals surface area contributed by atoms with E-state index in [2.05, 4.69) is 15.3 Å². The summed E-state index contributed by atoms with van der Waals surface area (Å²) in [7, 11) is 0. The van der Waals surface area contributed by atoms with Crippen LogP contribution in [0.3, 0.4) is 0 Å². The Labute approximate surface area is 188 Å². The number of ether oxygens (including phenoxy) is 1. The molecule has 0 aromatic carbocycles. The molecule has 7 nitrogen and oxygen atoms in total. The van der Waals surface area contributed by atoms with E-state index < -0.39 is 0 Å². The third-order valence-electron chi connectivity index (χ3n) is 4.84. The minimum absolute atomic E-state index is 0.118. The summed E-state index contributed by atoms with van der Waals surface area (Å²) in [5.41, 5.74) is 2.75. The lowest BCUT2D eigenvalue weighted by Gasteiger charge is -2.35. The quantitative estimate of drug-likeness (QED) is 0.637. The van der Waals surface area contributed by atoms with Gasteiger partial charge in [-0.1, -0.05) is 23.9 Å². The van der Waals surface area contributed by atoms with E-state index in [9.17, 15) is 9.59 Å². The topological polar surface area (TPSA) is 83.9 Å². The first-order valence-electron chi connectivity index (χ1n) is 9.90. The third kappa shape index (κ3) is 4.57. The highest BCUT2D eigenvalue weighted by Crippen LogP contribution is 2.45. The highest BCUT2D eigenvalue weighted by atomic mass is 32.2. The monoisotopic (exact) mass is 454 g/mol. The van der Waals surface area contributed by atoms with Crippen LogP contribution < -0.4 is 5.32 Å². The maximum atomic E-state index is 12.8. The predicted molar refractivity (Wildman–Crippen MR) is 122 cm³/mol. The van der Waals surface area contributed by atoms with Gasteiger partial charge in [0.25, 0.3) is 0 Å². The number of hydrogen-bond donors (Lipinski definition) is 1. The van der Waals surface area contributed by atoms with Crippen molar-refractivity contribution in [3.8, 4) is 0 Å². The molecule has 0 radical (unpaired) electrons. The van der Waals surface area contributed by atoms with Gasteiger partial charge in [-0.2, -0.15) is 0 Å². The lowest BCUT2D eigenvalue weighted by Crippen LogP contribution is -2.37. The van der Waals surface area contributed by atoms with Crippen LogP contribution >= 0.6 is 23.1 Å². The maximum Gasteiger partial charge on any atom is 0.338 e. The molecule has 4 heterocycles. The Morgan fingerprint density at radius 2 is 2.13 bits per heavy atom. The van der Waals surface area contributed by atoms with Crippen LogP contribution in [-0.2, 0) is 20.9 Å². The fourth-order valence-corrected chi connectivity index (χ4v) is 5.26. The molecule has 0 aliphatic carbocycles. The number of amides is 1.